The zero-order valence-electron chi connectivity index (χ0n) is 12.8. The van der Waals surface area contributed by atoms with Crippen molar-refractivity contribution in [1.29, 1.82) is 0 Å². The van der Waals surface area contributed by atoms with Crippen LogP contribution in [0.2, 0.25) is 10.0 Å². The molecule has 2 aliphatic rings. The molecule has 2 saturated heterocycles. The van der Waals surface area contributed by atoms with Crippen molar-refractivity contribution in [3.05, 3.63) is 38.7 Å². The summed E-state index contributed by atoms with van der Waals surface area (Å²) in [6, 6.07) is 5.35. The van der Waals surface area contributed by atoms with Crippen molar-refractivity contribution in [1.82, 2.24) is 9.80 Å². The van der Waals surface area contributed by atoms with E-state index in [1.807, 2.05) is 6.07 Å². The van der Waals surface area contributed by atoms with E-state index in [-0.39, 0.29) is 5.91 Å². The van der Waals surface area contributed by atoms with Crippen molar-refractivity contribution < 1.29 is 9.53 Å². The number of thioether (sulfide) groups is 1. The highest BCUT2D eigenvalue weighted by atomic mass is 35.5. The monoisotopic (exact) mass is 402 g/mol. The fraction of sp³-hybridized carbons (Fsp3) is 0.375. The van der Waals surface area contributed by atoms with E-state index in [2.05, 4.69) is 4.90 Å². The lowest BCUT2D eigenvalue weighted by Gasteiger charge is -2.28. The molecule has 2 fully saturated rings. The number of halogens is 2. The summed E-state index contributed by atoms with van der Waals surface area (Å²) in [6.45, 7) is 4.65. The molecular weight excluding hydrogens is 387 g/mol. The first-order valence-electron chi connectivity index (χ1n) is 7.56. The maximum absolute atomic E-state index is 12.6. The van der Waals surface area contributed by atoms with Crippen molar-refractivity contribution in [2.45, 2.75) is 0 Å². The minimum absolute atomic E-state index is 0.0747. The summed E-state index contributed by atoms with van der Waals surface area (Å²) < 4.78 is 5.91. The zero-order chi connectivity index (χ0) is 17.1. The first-order valence-corrected chi connectivity index (χ1v) is 9.54. The molecule has 1 amide bonds. The van der Waals surface area contributed by atoms with E-state index in [0.29, 0.717) is 25.8 Å². The van der Waals surface area contributed by atoms with Gasteiger partial charge in [0.25, 0.3) is 5.91 Å². The van der Waals surface area contributed by atoms with Gasteiger partial charge in [0.2, 0.25) is 0 Å². The molecule has 0 unspecified atom stereocenters. The molecule has 0 bridgehead atoms. The molecule has 0 atom stereocenters. The topological polar surface area (TPSA) is 32.8 Å². The molecule has 8 heteroatoms. The quantitative estimate of drug-likeness (QED) is 0.568. The van der Waals surface area contributed by atoms with Crippen LogP contribution in [0.1, 0.15) is 5.56 Å². The maximum Gasteiger partial charge on any atom is 0.266 e. The predicted octanol–water partition coefficient (Wildman–Crippen LogP) is 3.53. The molecule has 1 aromatic carbocycles. The smallest absolute Gasteiger partial charge is 0.266 e. The van der Waals surface area contributed by atoms with Gasteiger partial charge in [0.15, 0.2) is 0 Å². The van der Waals surface area contributed by atoms with E-state index in [9.17, 15) is 4.79 Å². The predicted molar refractivity (Wildman–Crippen MR) is 104 cm³/mol. The molecule has 0 saturated carbocycles. The number of thiocarbonyl (C=S) groups is 1. The third kappa shape index (κ3) is 4.12. The van der Waals surface area contributed by atoms with E-state index in [1.165, 1.54) is 11.8 Å². The van der Waals surface area contributed by atoms with E-state index >= 15 is 0 Å². The average molecular weight is 403 g/mol. The lowest BCUT2D eigenvalue weighted by atomic mass is 10.2. The Bertz CT molecular complexity index is 691. The van der Waals surface area contributed by atoms with Crippen LogP contribution in [-0.2, 0) is 9.53 Å². The lowest BCUT2D eigenvalue weighted by molar-refractivity contribution is -0.122. The third-order valence-corrected chi connectivity index (χ3v) is 6.10. The fourth-order valence-corrected chi connectivity index (χ4v) is 4.19. The van der Waals surface area contributed by atoms with Crippen molar-refractivity contribution in [2.75, 3.05) is 39.4 Å². The van der Waals surface area contributed by atoms with Gasteiger partial charge in [0.05, 0.1) is 28.2 Å². The summed E-state index contributed by atoms with van der Waals surface area (Å²) in [6.07, 6.45) is 1.75. The Kier molecular flexibility index (Phi) is 6.18. The molecule has 1 aromatic rings. The molecule has 3 rings (SSSR count). The van der Waals surface area contributed by atoms with Gasteiger partial charge >= 0.3 is 0 Å². The Labute approximate surface area is 160 Å². The van der Waals surface area contributed by atoms with Crippen LogP contribution in [0.4, 0.5) is 0 Å². The molecule has 0 radical (unpaired) electrons. The van der Waals surface area contributed by atoms with Crippen LogP contribution in [0.15, 0.2) is 23.1 Å². The van der Waals surface area contributed by atoms with Crippen LogP contribution in [0.25, 0.3) is 6.08 Å². The number of morpholine rings is 1. The van der Waals surface area contributed by atoms with Crippen molar-refractivity contribution >= 4 is 63.5 Å². The minimum Gasteiger partial charge on any atom is -0.379 e. The maximum atomic E-state index is 12.6. The van der Waals surface area contributed by atoms with Crippen LogP contribution in [0, 0.1) is 0 Å². The molecular formula is C16H16Cl2N2O2S2. The summed E-state index contributed by atoms with van der Waals surface area (Å²) >= 11 is 18.9. The van der Waals surface area contributed by atoms with Gasteiger partial charge in [-0.05, 0) is 17.7 Å². The highest BCUT2D eigenvalue weighted by molar-refractivity contribution is 8.26. The molecule has 0 N–H and O–H groups in total. The van der Waals surface area contributed by atoms with Crippen LogP contribution >= 0.6 is 47.2 Å². The molecule has 2 heterocycles. The van der Waals surface area contributed by atoms with E-state index in [4.69, 9.17) is 40.2 Å². The second-order valence-electron chi connectivity index (χ2n) is 5.43. The summed E-state index contributed by atoms with van der Waals surface area (Å²) in [5, 5.41) is 0.908. The molecule has 128 valence electrons. The molecule has 4 nitrogen and oxygen atoms in total. The SMILES string of the molecule is O=C1/C(=C\c2cccc(Cl)c2Cl)SC(=S)N1CCN1CCOCC1. The number of nitrogens with zero attached hydrogens (tertiary/aromatic N) is 2. The summed E-state index contributed by atoms with van der Waals surface area (Å²) in [5.74, 6) is -0.0747. The van der Waals surface area contributed by atoms with Gasteiger partial charge in [-0.3, -0.25) is 14.6 Å². The fourth-order valence-electron chi connectivity index (χ4n) is 2.53. The summed E-state index contributed by atoms with van der Waals surface area (Å²) in [4.78, 5) is 17.1. The van der Waals surface area contributed by atoms with Crippen molar-refractivity contribution in [2.24, 2.45) is 0 Å². The normalized spacial score (nSPS) is 21.1. The standard InChI is InChI=1S/C16H16Cl2N2O2S2/c17-12-3-1-2-11(14(12)18)10-13-15(21)20(16(23)24-13)5-4-19-6-8-22-9-7-19/h1-3,10H,4-9H2/b13-10+. The molecule has 0 aliphatic carbocycles. The van der Waals surface area contributed by atoms with Gasteiger partial charge in [-0.2, -0.15) is 0 Å². The van der Waals surface area contributed by atoms with E-state index < -0.39 is 0 Å². The number of hydrogen-bond acceptors (Lipinski definition) is 5. The minimum atomic E-state index is -0.0747. The zero-order valence-corrected chi connectivity index (χ0v) is 16.0. The highest BCUT2D eigenvalue weighted by Crippen LogP contribution is 2.35. The van der Waals surface area contributed by atoms with E-state index in [1.54, 1.807) is 23.1 Å². The molecule has 0 spiro atoms. The van der Waals surface area contributed by atoms with Crippen LogP contribution < -0.4 is 0 Å². The number of benzene rings is 1. The van der Waals surface area contributed by atoms with Gasteiger partial charge in [0, 0.05) is 26.2 Å². The van der Waals surface area contributed by atoms with Crippen LogP contribution in [0.5, 0.6) is 0 Å². The number of carbonyl (C=O) groups excluding carboxylic acids is 1. The Morgan fingerprint density at radius 3 is 2.75 bits per heavy atom. The second kappa shape index (κ2) is 8.17. The van der Waals surface area contributed by atoms with Crippen LogP contribution in [0.3, 0.4) is 0 Å². The average Bonchev–Trinajstić information content (AvgIpc) is 2.85. The third-order valence-electron chi connectivity index (χ3n) is 3.89. The Hall–Kier alpha value is -0.630. The Balaban J connectivity index is 1.69. The van der Waals surface area contributed by atoms with Crippen molar-refractivity contribution in [3.63, 3.8) is 0 Å². The summed E-state index contributed by atoms with van der Waals surface area (Å²) in [7, 11) is 0. The number of ether oxygens (including phenoxy) is 1. The second-order valence-corrected chi connectivity index (χ2v) is 7.89. The van der Waals surface area contributed by atoms with Gasteiger partial charge < -0.3 is 4.74 Å². The number of carbonyl (C=O) groups is 1. The van der Waals surface area contributed by atoms with Crippen molar-refractivity contribution in [3.8, 4) is 0 Å². The Morgan fingerprint density at radius 1 is 1.25 bits per heavy atom. The van der Waals surface area contributed by atoms with Crippen LogP contribution in [-0.4, -0.2) is 59.4 Å². The first-order chi connectivity index (χ1) is 11.6. The molecule has 24 heavy (non-hydrogen) atoms. The Morgan fingerprint density at radius 2 is 2.00 bits per heavy atom. The number of amides is 1. The van der Waals surface area contributed by atoms with Gasteiger partial charge in [-0.15, -0.1) is 0 Å². The molecule has 2 aliphatic heterocycles. The first kappa shape index (κ1) is 18.2. The van der Waals surface area contributed by atoms with Gasteiger partial charge in [-0.25, -0.2) is 0 Å². The van der Waals surface area contributed by atoms with E-state index in [0.717, 1.165) is 38.4 Å². The number of hydrogen-bond donors (Lipinski definition) is 0. The highest BCUT2D eigenvalue weighted by Gasteiger charge is 2.32. The van der Waals surface area contributed by atoms with Gasteiger partial charge in [-0.1, -0.05) is 59.3 Å². The number of rotatable bonds is 4. The molecule has 0 aromatic heterocycles. The lowest BCUT2D eigenvalue weighted by Crippen LogP contribution is -2.42. The largest absolute Gasteiger partial charge is 0.379 e. The van der Waals surface area contributed by atoms with Gasteiger partial charge in [0.1, 0.15) is 4.32 Å². The summed E-state index contributed by atoms with van der Waals surface area (Å²) in [5.41, 5.74) is 0.720.